The van der Waals surface area contributed by atoms with Crippen LogP contribution in [0.2, 0.25) is 0 Å². The maximum Gasteiger partial charge on any atom is 2.00 e. The molecule has 78 valence electrons. The molecule has 0 heterocycles. The number of rotatable bonds is 0. The summed E-state index contributed by atoms with van der Waals surface area (Å²) in [7, 11) is 0. The van der Waals surface area contributed by atoms with Gasteiger partial charge in [-0.25, -0.2) is 0 Å². The summed E-state index contributed by atoms with van der Waals surface area (Å²) in [5, 5.41) is 0. The van der Waals surface area contributed by atoms with Gasteiger partial charge in [-0.05, 0) is 0 Å². The van der Waals surface area contributed by atoms with Crippen LogP contribution in [0, 0.1) is 0 Å². The molecule has 0 aliphatic rings. The Morgan fingerprint density at radius 2 is 0.429 bits per heavy atom. The van der Waals surface area contributed by atoms with Gasteiger partial charge >= 0.3 is 38.3 Å². The minimum absolute atomic E-state index is 0. The molecule has 0 amide bonds. The SMILES string of the molecule is [Li+].[O-][I+2]([O-])[O-].[O-][I+2]([O-])[O-].[O-][I+2]([O-])[O-].[Zn+2]. The van der Waals surface area contributed by atoms with E-state index in [9.17, 15) is 0 Å². The van der Waals surface area contributed by atoms with Crippen molar-refractivity contribution < 1.29 is 132 Å². The van der Waals surface area contributed by atoms with Crippen LogP contribution in [0.5, 0.6) is 0 Å². The summed E-state index contributed by atoms with van der Waals surface area (Å²) in [6.07, 6.45) is 0. The molecule has 0 radical (unpaired) electrons. The van der Waals surface area contributed by atoms with Crippen LogP contribution in [-0.2, 0) is 19.5 Å². The molecule has 0 bridgehead atoms. The van der Waals surface area contributed by atoms with Crippen LogP contribution in [0.3, 0.4) is 0 Å². The minimum atomic E-state index is -4.01. The van der Waals surface area contributed by atoms with Crippen molar-refractivity contribution in [1.82, 2.24) is 0 Å². The third kappa shape index (κ3) is 319. The third-order valence-electron chi connectivity index (χ3n) is 0. The van der Waals surface area contributed by atoms with Crippen LogP contribution in [0.15, 0.2) is 0 Å². The maximum absolute atomic E-state index is 8.57. The van der Waals surface area contributed by atoms with Crippen molar-refractivity contribution >= 4 is 0 Å². The molecule has 0 fully saturated rings. The molecule has 0 atom stereocenters. The van der Waals surface area contributed by atoms with E-state index in [1.54, 1.807) is 0 Å². The van der Waals surface area contributed by atoms with Gasteiger partial charge in [0, 0.05) is 0 Å². The molecule has 0 N–H and O–H groups in total. The van der Waals surface area contributed by atoms with Crippen molar-refractivity contribution in [1.29, 1.82) is 0 Å². The third-order valence-corrected chi connectivity index (χ3v) is 0. The average Bonchev–Trinajstić information content (AvgIpc) is 1.54. The van der Waals surface area contributed by atoms with E-state index in [2.05, 4.69) is 0 Å². The predicted molar refractivity (Wildman–Crippen MR) is 0 cm³/mol. The Balaban J connectivity index is -0.0000000270. The van der Waals surface area contributed by atoms with E-state index in [0.29, 0.717) is 0 Å². The molecule has 0 aromatic carbocycles. The first-order valence-corrected chi connectivity index (χ1v) is 9.32. The van der Waals surface area contributed by atoms with Gasteiger partial charge in [-0.3, -0.25) is 0 Å². The van der Waals surface area contributed by atoms with Crippen LogP contribution < -0.4 is 113 Å². The molecule has 0 saturated heterocycles. The van der Waals surface area contributed by atoms with Gasteiger partial charge in [-0.2, -0.15) is 0 Å². The number of hydrogen-bond acceptors (Lipinski definition) is 9. The summed E-state index contributed by atoms with van der Waals surface area (Å²) in [5.41, 5.74) is 0. The van der Waals surface area contributed by atoms with Gasteiger partial charge in [0.25, 0.3) is 63.2 Å². The molecular formula is I3LiO9Zn. The van der Waals surface area contributed by atoms with Gasteiger partial charge in [0.2, 0.25) is 0 Å². The van der Waals surface area contributed by atoms with Gasteiger partial charge in [0.1, 0.15) is 0 Å². The Bertz CT molecular complexity index is 48.5. The second kappa shape index (κ2) is 25.0. The molecular weight excluding hydrogens is 597 g/mol. The first-order chi connectivity index (χ1) is 5.20. The molecule has 0 unspecified atom stereocenters. The normalized spacial score (nSPS) is 7.71. The monoisotopic (exact) mass is 596 g/mol. The van der Waals surface area contributed by atoms with Gasteiger partial charge < -0.3 is 30.9 Å². The van der Waals surface area contributed by atoms with Crippen molar-refractivity contribution in [3.05, 3.63) is 0 Å². The van der Waals surface area contributed by atoms with Crippen LogP contribution in [0.4, 0.5) is 0 Å². The Kier molecular flexibility index (Phi) is 54.1. The van der Waals surface area contributed by atoms with E-state index in [1.165, 1.54) is 0 Å². The van der Waals surface area contributed by atoms with Crippen LogP contribution in [0.25, 0.3) is 0 Å². The Morgan fingerprint density at radius 1 is 0.429 bits per heavy atom. The summed E-state index contributed by atoms with van der Waals surface area (Å²) in [6, 6.07) is 0. The van der Waals surface area contributed by atoms with E-state index >= 15 is 0 Å². The van der Waals surface area contributed by atoms with Crippen LogP contribution in [0.1, 0.15) is 0 Å². The minimum Gasteiger partial charge on any atom is -0.427 e. The van der Waals surface area contributed by atoms with Crippen molar-refractivity contribution in [3.8, 4) is 0 Å². The number of halogens is 3. The predicted octanol–water partition coefficient (Wildman–Crippen LogP) is -22.7. The Morgan fingerprint density at radius 3 is 0.429 bits per heavy atom. The molecule has 0 rings (SSSR count). The molecule has 0 aromatic heterocycles. The summed E-state index contributed by atoms with van der Waals surface area (Å²) < 4.78 is 77.2. The molecule has 0 aliphatic carbocycles. The van der Waals surface area contributed by atoms with Crippen molar-refractivity contribution in [2.45, 2.75) is 0 Å². The first kappa shape index (κ1) is 30.2. The van der Waals surface area contributed by atoms with E-state index in [-0.39, 0.29) is 38.3 Å². The summed E-state index contributed by atoms with van der Waals surface area (Å²) in [4.78, 5) is 0. The van der Waals surface area contributed by atoms with E-state index in [1.807, 2.05) is 0 Å². The van der Waals surface area contributed by atoms with Gasteiger partial charge in [0.05, 0.1) is 0 Å². The quantitative estimate of drug-likeness (QED) is 0.192. The first-order valence-electron chi connectivity index (χ1n) is 1.39. The standard InChI is InChI=1S/3IO3.Li.Zn/c3*2-1(3)4;;/q3*-1;+1;+2. The summed E-state index contributed by atoms with van der Waals surface area (Å²) in [6.45, 7) is 0. The van der Waals surface area contributed by atoms with Gasteiger partial charge in [0.15, 0.2) is 0 Å². The molecule has 0 aliphatic heterocycles. The largest absolute Gasteiger partial charge is 2.00 e. The molecule has 0 aromatic rings. The summed E-state index contributed by atoms with van der Waals surface area (Å²) >= 11 is -12.0. The van der Waals surface area contributed by atoms with Crippen molar-refractivity contribution in [2.75, 3.05) is 0 Å². The molecule has 0 spiro atoms. The zero-order valence-electron chi connectivity index (χ0n) is 6.52. The fourth-order valence-electron chi connectivity index (χ4n) is 0. The fourth-order valence-corrected chi connectivity index (χ4v) is 0. The Labute approximate surface area is 130 Å². The Hall–Kier alpha value is 3.05. The van der Waals surface area contributed by atoms with Crippen LogP contribution >= 0.6 is 0 Å². The van der Waals surface area contributed by atoms with E-state index < -0.39 is 63.2 Å². The van der Waals surface area contributed by atoms with Gasteiger partial charge in [-0.1, -0.05) is 0 Å². The zero-order valence-corrected chi connectivity index (χ0v) is 16.0. The zero-order chi connectivity index (χ0) is 10.7. The molecule has 9 nitrogen and oxygen atoms in total. The topological polar surface area (TPSA) is 208 Å². The van der Waals surface area contributed by atoms with Crippen LogP contribution in [-0.4, -0.2) is 0 Å². The summed E-state index contributed by atoms with van der Waals surface area (Å²) in [5.74, 6) is 0. The fraction of sp³-hybridized carbons (Fsp3) is 0. The molecule has 14 heavy (non-hydrogen) atoms. The molecule has 0 saturated carbocycles. The van der Waals surface area contributed by atoms with Gasteiger partial charge in [-0.15, -0.1) is 0 Å². The second-order valence-corrected chi connectivity index (χ2v) is 3.80. The van der Waals surface area contributed by atoms with E-state index in [4.69, 9.17) is 30.9 Å². The van der Waals surface area contributed by atoms with Crippen molar-refractivity contribution in [3.63, 3.8) is 0 Å². The van der Waals surface area contributed by atoms with E-state index in [0.717, 1.165) is 0 Å². The van der Waals surface area contributed by atoms with Crippen molar-refractivity contribution in [2.24, 2.45) is 0 Å². The smallest absolute Gasteiger partial charge is 0.427 e. The number of hydrogen-bond donors (Lipinski definition) is 0. The molecule has 14 heteroatoms. The maximum atomic E-state index is 8.57. The average molecular weight is 597 g/mol. The second-order valence-electron chi connectivity index (χ2n) is 0.567.